The van der Waals surface area contributed by atoms with Gasteiger partial charge in [-0.15, -0.1) is 0 Å². The van der Waals surface area contributed by atoms with Crippen molar-refractivity contribution < 1.29 is 9.53 Å². The van der Waals surface area contributed by atoms with Crippen LogP contribution in [0, 0.1) is 18.8 Å². The van der Waals surface area contributed by atoms with Gasteiger partial charge in [0.05, 0.1) is 18.8 Å². The molecule has 0 bridgehead atoms. The molecule has 138 valence electrons. The predicted molar refractivity (Wildman–Crippen MR) is 99.4 cm³/mol. The number of piperidine rings is 1. The highest BCUT2D eigenvalue weighted by Gasteiger charge is 2.45. The Morgan fingerprint density at radius 3 is 2.69 bits per heavy atom. The SMILES string of the molecule is CCOC(=O)c1cn(Cc2ccc(N3CC4CC4C3)nc2C)nc1CC. The first-order chi connectivity index (χ1) is 12.6. The van der Waals surface area contributed by atoms with E-state index in [1.807, 2.05) is 25.5 Å². The van der Waals surface area contributed by atoms with Crippen molar-refractivity contribution in [1.29, 1.82) is 0 Å². The van der Waals surface area contributed by atoms with E-state index in [0.717, 1.165) is 47.7 Å². The second-order valence-electron chi connectivity index (χ2n) is 7.34. The van der Waals surface area contributed by atoms with E-state index >= 15 is 0 Å². The summed E-state index contributed by atoms with van der Waals surface area (Å²) >= 11 is 0. The summed E-state index contributed by atoms with van der Waals surface area (Å²) in [5, 5.41) is 4.56. The van der Waals surface area contributed by atoms with Crippen LogP contribution >= 0.6 is 0 Å². The molecule has 1 aliphatic carbocycles. The number of carbonyl (C=O) groups excluding carboxylic acids is 1. The molecule has 2 atom stereocenters. The van der Waals surface area contributed by atoms with E-state index in [0.29, 0.717) is 25.1 Å². The van der Waals surface area contributed by atoms with E-state index in [2.05, 4.69) is 22.1 Å². The van der Waals surface area contributed by atoms with E-state index in [9.17, 15) is 4.79 Å². The molecule has 6 nitrogen and oxygen atoms in total. The fourth-order valence-electron chi connectivity index (χ4n) is 3.86. The number of fused-ring (bicyclic) bond motifs is 1. The maximum Gasteiger partial charge on any atom is 0.341 e. The Hall–Kier alpha value is -2.37. The standard InChI is InChI=1S/C20H26N4O2/c1-4-18-17(20(25)26-5-2)12-24(22-18)11-14-6-7-19(21-13(14)3)23-9-15-8-16(15)10-23/h6-7,12,15-16H,4-5,8-11H2,1-3H3. The van der Waals surface area contributed by atoms with Crippen molar-refractivity contribution in [2.45, 2.75) is 40.2 Å². The van der Waals surface area contributed by atoms with Crippen LogP contribution < -0.4 is 4.90 Å². The third-order valence-electron chi connectivity index (χ3n) is 5.48. The van der Waals surface area contributed by atoms with Gasteiger partial charge >= 0.3 is 5.97 Å². The number of hydrogen-bond donors (Lipinski definition) is 0. The Bertz CT molecular complexity index is 819. The van der Waals surface area contributed by atoms with Crippen molar-refractivity contribution in [2.24, 2.45) is 11.8 Å². The number of hydrogen-bond acceptors (Lipinski definition) is 5. The van der Waals surface area contributed by atoms with Crippen LogP contribution in [-0.2, 0) is 17.7 Å². The summed E-state index contributed by atoms with van der Waals surface area (Å²) < 4.78 is 6.95. The molecule has 0 radical (unpaired) electrons. The monoisotopic (exact) mass is 354 g/mol. The van der Waals surface area contributed by atoms with Gasteiger partial charge in [0.15, 0.2) is 0 Å². The summed E-state index contributed by atoms with van der Waals surface area (Å²) in [4.78, 5) is 19.3. The lowest BCUT2D eigenvalue weighted by atomic mass is 10.2. The zero-order chi connectivity index (χ0) is 18.3. The molecule has 26 heavy (non-hydrogen) atoms. The molecule has 4 rings (SSSR count). The Labute approximate surface area is 154 Å². The largest absolute Gasteiger partial charge is 0.462 e. The van der Waals surface area contributed by atoms with Gasteiger partial charge in [-0.3, -0.25) is 4.68 Å². The first kappa shape index (κ1) is 17.1. The van der Waals surface area contributed by atoms with Gasteiger partial charge in [-0.05, 0) is 50.2 Å². The molecule has 1 saturated heterocycles. The summed E-state index contributed by atoms with van der Waals surface area (Å²) in [5.74, 6) is 2.58. The van der Waals surface area contributed by atoms with Gasteiger partial charge in [-0.25, -0.2) is 9.78 Å². The van der Waals surface area contributed by atoms with Crippen LogP contribution in [0.1, 0.15) is 47.6 Å². The highest BCUT2D eigenvalue weighted by atomic mass is 16.5. The second kappa shape index (κ2) is 6.74. The fraction of sp³-hybridized carbons (Fsp3) is 0.550. The lowest BCUT2D eigenvalue weighted by molar-refractivity contribution is 0.0525. The summed E-state index contributed by atoms with van der Waals surface area (Å²) in [6.45, 7) is 9.14. The van der Waals surface area contributed by atoms with Crippen LogP contribution in [0.15, 0.2) is 18.3 Å². The predicted octanol–water partition coefficient (Wildman–Crippen LogP) is 2.83. The second-order valence-corrected chi connectivity index (χ2v) is 7.34. The van der Waals surface area contributed by atoms with Crippen LogP contribution in [0.2, 0.25) is 0 Å². The number of ether oxygens (including phenoxy) is 1. The molecular weight excluding hydrogens is 328 g/mol. The molecule has 2 aromatic heterocycles. The van der Waals surface area contributed by atoms with Crippen LogP contribution in [-0.4, -0.2) is 40.4 Å². The van der Waals surface area contributed by atoms with Crippen molar-refractivity contribution >= 4 is 11.8 Å². The first-order valence-electron chi connectivity index (χ1n) is 9.54. The highest BCUT2D eigenvalue weighted by molar-refractivity contribution is 5.90. The normalized spacial score (nSPS) is 21.0. The van der Waals surface area contributed by atoms with Gasteiger partial charge < -0.3 is 9.64 Å². The van der Waals surface area contributed by atoms with Gasteiger partial charge in [0.1, 0.15) is 11.4 Å². The van der Waals surface area contributed by atoms with Crippen molar-refractivity contribution in [1.82, 2.24) is 14.8 Å². The molecule has 0 spiro atoms. The molecule has 2 aromatic rings. The Morgan fingerprint density at radius 1 is 1.27 bits per heavy atom. The summed E-state index contributed by atoms with van der Waals surface area (Å²) in [6, 6.07) is 4.25. The summed E-state index contributed by atoms with van der Waals surface area (Å²) in [5.41, 5.74) is 3.49. The number of rotatable bonds is 6. The minimum Gasteiger partial charge on any atom is -0.462 e. The zero-order valence-corrected chi connectivity index (χ0v) is 15.7. The van der Waals surface area contributed by atoms with Gasteiger partial charge in [-0.2, -0.15) is 5.10 Å². The number of pyridine rings is 1. The molecule has 1 saturated carbocycles. The van der Waals surface area contributed by atoms with Gasteiger partial charge in [0.25, 0.3) is 0 Å². The lowest BCUT2D eigenvalue weighted by Gasteiger charge is -2.20. The molecule has 0 N–H and O–H groups in total. The number of aromatic nitrogens is 3. The van der Waals surface area contributed by atoms with Gasteiger partial charge in [-0.1, -0.05) is 13.0 Å². The van der Waals surface area contributed by atoms with Crippen LogP contribution in [0.5, 0.6) is 0 Å². The minimum atomic E-state index is -0.298. The first-order valence-corrected chi connectivity index (χ1v) is 9.54. The maximum absolute atomic E-state index is 12.1. The topological polar surface area (TPSA) is 60.2 Å². The molecule has 0 aromatic carbocycles. The number of nitrogens with zero attached hydrogens (tertiary/aromatic N) is 4. The van der Waals surface area contributed by atoms with Gasteiger partial charge in [0.2, 0.25) is 0 Å². The Kier molecular flexibility index (Phi) is 4.42. The average molecular weight is 354 g/mol. The van der Waals surface area contributed by atoms with Crippen molar-refractivity contribution in [3.05, 3.63) is 40.8 Å². The molecule has 6 heteroatoms. The average Bonchev–Trinajstić information content (AvgIpc) is 3.05. The molecule has 2 unspecified atom stereocenters. The minimum absolute atomic E-state index is 0.298. The maximum atomic E-state index is 12.1. The molecule has 2 aliphatic rings. The number of anilines is 1. The highest BCUT2D eigenvalue weighted by Crippen LogP contribution is 2.45. The molecule has 2 fully saturated rings. The van der Waals surface area contributed by atoms with Crippen molar-refractivity contribution in [2.75, 3.05) is 24.6 Å². The van der Waals surface area contributed by atoms with E-state index in [1.54, 1.807) is 6.20 Å². The number of aryl methyl sites for hydroxylation is 2. The number of esters is 1. The van der Waals surface area contributed by atoms with E-state index in [1.165, 1.54) is 6.42 Å². The van der Waals surface area contributed by atoms with Crippen LogP contribution in [0.4, 0.5) is 5.82 Å². The smallest absolute Gasteiger partial charge is 0.341 e. The van der Waals surface area contributed by atoms with Crippen molar-refractivity contribution in [3.8, 4) is 0 Å². The Balaban J connectivity index is 1.51. The van der Waals surface area contributed by atoms with Gasteiger partial charge in [0, 0.05) is 25.0 Å². The van der Waals surface area contributed by atoms with Crippen LogP contribution in [0.3, 0.4) is 0 Å². The quantitative estimate of drug-likeness (QED) is 0.747. The lowest BCUT2D eigenvalue weighted by Crippen LogP contribution is -2.23. The molecule has 3 heterocycles. The third kappa shape index (κ3) is 3.20. The van der Waals surface area contributed by atoms with Crippen LogP contribution in [0.25, 0.3) is 0 Å². The molecule has 0 amide bonds. The van der Waals surface area contributed by atoms with E-state index in [4.69, 9.17) is 9.72 Å². The number of carbonyl (C=O) groups is 1. The molecular formula is C20H26N4O2. The third-order valence-corrected chi connectivity index (χ3v) is 5.48. The summed E-state index contributed by atoms with van der Waals surface area (Å²) in [7, 11) is 0. The van der Waals surface area contributed by atoms with E-state index in [-0.39, 0.29) is 5.97 Å². The Morgan fingerprint density at radius 2 is 2.04 bits per heavy atom. The molecule has 1 aliphatic heterocycles. The van der Waals surface area contributed by atoms with E-state index < -0.39 is 0 Å². The summed E-state index contributed by atoms with van der Waals surface area (Å²) in [6.07, 6.45) is 3.89. The van der Waals surface area contributed by atoms with Crippen molar-refractivity contribution in [3.63, 3.8) is 0 Å². The zero-order valence-electron chi connectivity index (χ0n) is 15.7. The fourth-order valence-corrected chi connectivity index (χ4v) is 3.86.